The predicted octanol–water partition coefficient (Wildman–Crippen LogP) is 4.81. The van der Waals surface area contributed by atoms with Gasteiger partial charge in [-0.25, -0.2) is 13.8 Å². The van der Waals surface area contributed by atoms with Crippen LogP contribution in [0.3, 0.4) is 0 Å². The molecule has 7 heteroatoms. The molecule has 0 unspecified atom stereocenters. The number of nitrogens with zero attached hydrogens (tertiary/aromatic N) is 2. The van der Waals surface area contributed by atoms with Gasteiger partial charge in [-0.2, -0.15) is 0 Å². The predicted molar refractivity (Wildman–Crippen MR) is 101 cm³/mol. The highest BCUT2D eigenvalue weighted by molar-refractivity contribution is 7.15. The molecule has 2 aromatic carbocycles. The van der Waals surface area contributed by atoms with Crippen LogP contribution in [0.2, 0.25) is 0 Å². The number of carbonyl (C=O) groups excluding carboxylic acids is 1. The average Bonchev–Trinajstić information content (AvgIpc) is 3.11. The molecule has 0 saturated heterocycles. The fourth-order valence-electron chi connectivity index (χ4n) is 2.76. The zero-order chi connectivity index (χ0) is 18.8. The van der Waals surface area contributed by atoms with Gasteiger partial charge in [0.05, 0.1) is 11.1 Å². The molecule has 134 valence electrons. The number of pyridine rings is 1. The van der Waals surface area contributed by atoms with Crippen LogP contribution in [0.15, 0.2) is 60.9 Å². The lowest BCUT2D eigenvalue weighted by Crippen LogP contribution is -2.12. The quantitative estimate of drug-likeness (QED) is 0.552. The van der Waals surface area contributed by atoms with Gasteiger partial charge in [-0.1, -0.05) is 24.3 Å². The first kappa shape index (κ1) is 17.2. The Bertz CT molecular complexity index is 1140. The van der Waals surface area contributed by atoms with E-state index in [1.54, 1.807) is 18.5 Å². The fourth-order valence-corrected chi connectivity index (χ4v) is 3.60. The van der Waals surface area contributed by atoms with Gasteiger partial charge < -0.3 is 0 Å². The molecule has 4 aromatic rings. The van der Waals surface area contributed by atoms with Crippen LogP contribution < -0.4 is 5.32 Å². The standard InChI is InChI=1S/C20H13F2N3OS/c21-16-6-5-12(10-17(16)22)9-13-11-24-20(27-13)25-19(26)15-7-8-23-18-4-2-1-3-14(15)18/h1-8,10-11H,9H2,(H,24,25,26). The van der Waals surface area contributed by atoms with Gasteiger partial charge in [-0.3, -0.25) is 15.1 Å². The lowest BCUT2D eigenvalue weighted by atomic mass is 10.1. The van der Waals surface area contributed by atoms with E-state index in [0.29, 0.717) is 22.7 Å². The van der Waals surface area contributed by atoms with Crippen molar-refractivity contribution in [3.63, 3.8) is 0 Å². The largest absolute Gasteiger partial charge is 0.298 e. The Balaban J connectivity index is 1.52. The third kappa shape index (κ3) is 3.68. The summed E-state index contributed by atoms with van der Waals surface area (Å²) >= 11 is 1.29. The van der Waals surface area contributed by atoms with Crippen LogP contribution in [0, 0.1) is 11.6 Å². The van der Waals surface area contributed by atoms with Crippen LogP contribution >= 0.6 is 11.3 Å². The number of nitrogens with one attached hydrogen (secondary N) is 1. The number of hydrogen-bond donors (Lipinski definition) is 1. The van der Waals surface area contributed by atoms with E-state index < -0.39 is 11.6 Å². The van der Waals surface area contributed by atoms with Crippen molar-refractivity contribution in [1.29, 1.82) is 0 Å². The Kier molecular flexibility index (Phi) is 4.60. The summed E-state index contributed by atoms with van der Waals surface area (Å²) in [5, 5.41) is 3.99. The summed E-state index contributed by atoms with van der Waals surface area (Å²) in [5.74, 6) is -2.03. The minimum Gasteiger partial charge on any atom is -0.298 e. The molecule has 1 N–H and O–H groups in total. The van der Waals surface area contributed by atoms with Crippen LogP contribution in [0.4, 0.5) is 13.9 Å². The van der Waals surface area contributed by atoms with E-state index in [2.05, 4.69) is 15.3 Å². The molecule has 4 nitrogen and oxygen atoms in total. The van der Waals surface area contributed by atoms with Gasteiger partial charge in [0.2, 0.25) is 0 Å². The topological polar surface area (TPSA) is 54.9 Å². The molecule has 4 rings (SSSR count). The summed E-state index contributed by atoms with van der Waals surface area (Å²) in [6.45, 7) is 0. The number of benzene rings is 2. The van der Waals surface area contributed by atoms with E-state index in [4.69, 9.17) is 0 Å². The second kappa shape index (κ2) is 7.20. The SMILES string of the molecule is O=C(Nc1ncc(Cc2ccc(F)c(F)c2)s1)c1ccnc2ccccc12. The van der Waals surface area contributed by atoms with Crippen LogP contribution in [-0.2, 0) is 6.42 Å². The molecule has 2 heterocycles. The van der Waals surface area contributed by atoms with Gasteiger partial charge in [-0.15, -0.1) is 11.3 Å². The second-order valence-corrected chi connectivity index (χ2v) is 7.00. The van der Waals surface area contributed by atoms with E-state index in [9.17, 15) is 13.6 Å². The monoisotopic (exact) mass is 381 g/mol. The molecule has 0 aliphatic heterocycles. The highest BCUT2D eigenvalue weighted by atomic mass is 32.1. The minimum absolute atomic E-state index is 0.276. The summed E-state index contributed by atoms with van der Waals surface area (Å²) in [6.07, 6.45) is 3.61. The molecular formula is C20H13F2N3OS. The van der Waals surface area contributed by atoms with Crippen molar-refractivity contribution in [2.45, 2.75) is 6.42 Å². The van der Waals surface area contributed by atoms with E-state index in [1.165, 1.54) is 17.4 Å². The molecule has 0 radical (unpaired) electrons. The highest BCUT2D eigenvalue weighted by Crippen LogP contribution is 2.24. The first-order valence-corrected chi connectivity index (χ1v) is 8.95. The Labute approximate surface area is 157 Å². The molecule has 1 amide bonds. The first-order valence-electron chi connectivity index (χ1n) is 8.14. The number of para-hydroxylation sites is 1. The highest BCUT2D eigenvalue weighted by Gasteiger charge is 2.13. The van der Waals surface area contributed by atoms with Crippen molar-refractivity contribution in [2.75, 3.05) is 5.32 Å². The number of anilines is 1. The first-order chi connectivity index (χ1) is 13.1. The minimum atomic E-state index is -0.880. The zero-order valence-corrected chi connectivity index (χ0v) is 14.8. The number of carbonyl (C=O) groups is 1. The Morgan fingerprint density at radius 3 is 2.74 bits per heavy atom. The van der Waals surface area contributed by atoms with Crippen LogP contribution in [0.25, 0.3) is 10.9 Å². The molecule has 2 aromatic heterocycles. The maximum atomic E-state index is 13.3. The Hall–Kier alpha value is -3.19. The van der Waals surface area contributed by atoms with Crippen LogP contribution in [0.5, 0.6) is 0 Å². The molecule has 0 fully saturated rings. The van der Waals surface area contributed by atoms with Gasteiger partial charge in [0.25, 0.3) is 5.91 Å². The average molecular weight is 381 g/mol. The molecule has 27 heavy (non-hydrogen) atoms. The molecule has 0 spiro atoms. The normalized spacial score (nSPS) is 10.9. The molecule has 0 saturated carbocycles. The zero-order valence-electron chi connectivity index (χ0n) is 13.9. The van der Waals surface area contributed by atoms with E-state index in [0.717, 1.165) is 27.9 Å². The lowest BCUT2D eigenvalue weighted by Gasteiger charge is -2.05. The number of rotatable bonds is 4. The van der Waals surface area contributed by atoms with Crippen LogP contribution in [-0.4, -0.2) is 15.9 Å². The number of hydrogen-bond acceptors (Lipinski definition) is 4. The van der Waals surface area contributed by atoms with Crippen molar-refractivity contribution in [3.8, 4) is 0 Å². The summed E-state index contributed by atoms with van der Waals surface area (Å²) in [6, 6.07) is 12.8. The van der Waals surface area contributed by atoms with Gasteiger partial charge in [0, 0.05) is 29.1 Å². The van der Waals surface area contributed by atoms with E-state index in [1.807, 2.05) is 24.3 Å². The summed E-state index contributed by atoms with van der Waals surface area (Å²) < 4.78 is 26.3. The summed E-state index contributed by atoms with van der Waals surface area (Å²) in [5.41, 5.74) is 1.89. The van der Waals surface area contributed by atoms with Gasteiger partial charge >= 0.3 is 0 Å². The summed E-state index contributed by atoms with van der Waals surface area (Å²) in [4.78, 5) is 21.9. The number of aromatic nitrogens is 2. The van der Waals surface area contributed by atoms with Crippen molar-refractivity contribution < 1.29 is 13.6 Å². The van der Waals surface area contributed by atoms with E-state index >= 15 is 0 Å². The Morgan fingerprint density at radius 2 is 1.89 bits per heavy atom. The van der Waals surface area contributed by atoms with Gasteiger partial charge in [-0.05, 0) is 29.8 Å². The number of fused-ring (bicyclic) bond motifs is 1. The fraction of sp³-hybridized carbons (Fsp3) is 0.0500. The third-order valence-corrected chi connectivity index (χ3v) is 4.94. The maximum Gasteiger partial charge on any atom is 0.258 e. The molecule has 0 atom stereocenters. The van der Waals surface area contributed by atoms with Crippen molar-refractivity contribution in [1.82, 2.24) is 9.97 Å². The van der Waals surface area contributed by atoms with Gasteiger partial charge in [0.1, 0.15) is 0 Å². The molecule has 0 aliphatic rings. The van der Waals surface area contributed by atoms with Crippen molar-refractivity contribution in [3.05, 3.63) is 88.6 Å². The molecular weight excluding hydrogens is 368 g/mol. The lowest BCUT2D eigenvalue weighted by molar-refractivity contribution is 0.102. The van der Waals surface area contributed by atoms with Crippen molar-refractivity contribution in [2.24, 2.45) is 0 Å². The molecule has 0 aliphatic carbocycles. The number of thiazole rings is 1. The van der Waals surface area contributed by atoms with Crippen molar-refractivity contribution >= 4 is 33.3 Å². The van der Waals surface area contributed by atoms with Gasteiger partial charge in [0.15, 0.2) is 16.8 Å². The Morgan fingerprint density at radius 1 is 1.04 bits per heavy atom. The number of halogens is 2. The van der Waals surface area contributed by atoms with Crippen LogP contribution in [0.1, 0.15) is 20.8 Å². The third-order valence-electron chi connectivity index (χ3n) is 4.03. The maximum absolute atomic E-state index is 13.3. The summed E-state index contributed by atoms with van der Waals surface area (Å²) in [7, 11) is 0. The molecule has 0 bridgehead atoms. The number of amides is 1. The smallest absolute Gasteiger partial charge is 0.258 e. The second-order valence-electron chi connectivity index (χ2n) is 5.89. The van der Waals surface area contributed by atoms with E-state index in [-0.39, 0.29) is 5.91 Å².